The average molecular weight is 229 g/mol. The van der Waals surface area contributed by atoms with Crippen molar-refractivity contribution in [2.45, 2.75) is 13.1 Å². The standard InChI is InChI=1S/C11H10F3NO/c1-2-4-10(16)15-9-6-3-5-8(7-9)11(12,13)14/h2-7H,1H3,(H,15,16)/b4-2+. The highest BCUT2D eigenvalue weighted by atomic mass is 19.4. The number of carbonyl (C=O) groups excluding carboxylic acids is 1. The molecule has 0 saturated heterocycles. The summed E-state index contributed by atoms with van der Waals surface area (Å²) in [5.74, 6) is -0.457. The number of halogens is 3. The molecule has 0 aliphatic carbocycles. The maximum atomic E-state index is 12.3. The molecule has 0 unspecified atom stereocenters. The molecule has 0 atom stereocenters. The lowest BCUT2D eigenvalue weighted by Crippen LogP contribution is -2.10. The van der Waals surface area contributed by atoms with Crippen molar-refractivity contribution in [3.63, 3.8) is 0 Å². The second-order valence-electron chi connectivity index (χ2n) is 3.07. The lowest BCUT2D eigenvalue weighted by atomic mass is 10.2. The maximum absolute atomic E-state index is 12.3. The Bertz CT molecular complexity index is 410. The van der Waals surface area contributed by atoms with Gasteiger partial charge in [-0.25, -0.2) is 0 Å². The molecular weight excluding hydrogens is 219 g/mol. The van der Waals surface area contributed by atoms with Crippen LogP contribution in [0.5, 0.6) is 0 Å². The van der Waals surface area contributed by atoms with Crippen molar-refractivity contribution >= 4 is 11.6 Å². The number of carbonyl (C=O) groups is 1. The Morgan fingerprint density at radius 2 is 2.06 bits per heavy atom. The third kappa shape index (κ3) is 3.42. The summed E-state index contributed by atoms with van der Waals surface area (Å²) in [4.78, 5) is 11.1. The van der Waals surface area contributed by atoms with Crippen LogP contribution in [-0.4, -0.2) is 5.91 Å². The van der Waals surface area contributed by atoms with E-state index in [2.05, 4.69) is 5.32 Å². The highest BCUT2D eigenvalue weighted by molar-refractivity contribution is 5.99. The lowest BCUT2D eigenvalue weighted by molar-refractivity contribution is -0.137. The van der Waals surface area contributed by atoms with E-state index in [0.717, 1.165) is 12.1 Å². The Morgan fingerprint density at radius 3 is 2.62 bits per heavy atom. The number of alkyl halides is 3. The Balaban J connectivity index is 2.87. The van der Waals surface area contributed by atoms with Gasteiger partial charge in [-0.15, -0.1) is 0 Å². The first kappa shape index (κ1) is 12.3. The first-order valence-corrected chi connectivity index (χ1v) is 4.54. The van der Waals surface area contributed by atoms with Crippen LogP contribution in [0, 0.1) is 0 Å². The van der Waals surface area contributed by atoms with E-state index in [1.165, 1.54) is 24.3 Å². The third-order valence-electron chi connectivity index (χ3n) is 1.78. The van der Waals surface area contributed by atoms with Crippen molar-refractivity contribution in [2.75, 3.05) is 5.32 Å². The number of allylic oxidation sites excluding steroid dienone is 1. The van der Waals surface area contributed by atoms with Gasteiger partial charge < -0.3 is 5.32 Å². The van der Waals surface area contributed by atoms with E-state index in [-0.39, 0.29) is 5.69 Å². The van der Waals surface area contributed by atoms with Crippen LogP contribution in [0.25, 0.3) is 0 Å². The van der Waals surface area contributed by atoms with Crippen LogP contribution >= 0.6 is 0 Å². The topological polar surface area (TPSA) is 29.1 Å². The number of anilines is 1. The summed E-state index contributed by atoms with van der Waals surface area (Å²) < 4.78 is 37.0. The van der Waals surface area contributed by atoms with Gasteiger partial charge in [0.15, 0.2) is 0 Å². The molecule has 0 aliphatic rings. The van der Waals surface area contributed by atoms with E-state index in [0.29, 0.717) is 0 Å². The molecule has 0 saturated carbocycles. The van der Waals surface area contributed by atoms with E-state index >= 15 is 0 Å². The van der Waals surface area contributed by atoms with E-state index in [1.807, 2.05) is 0 Å². The molecule has 1 rings (SSSR count). The van der Waals surface area contributed by atoms with Crippen LogP contribution in [-0.2, 0) is 11.0 Å². The van der Waals surface area contributed by atoms with E-state index in [1.54, 1.807) is 6.92 Å². The molecule has 16 heavy (non-hydrogen) atoms. The van der Waals surface area contributed by atoms with Crippen molar-refractivity contribution in [3.05, 3.63) is 42.0 Å². The molecule has 86 valence electrons. The van der Waals surface area contributed by atoms with Gasteiger partial charge in [0.2, 0.25) is 5.91 Å². The summed E-state index contributed by atoms with van der Waals surface area (Å²) in [6, 6.07) is 4.48. The Labute approximate surface area is 90.8 Å². The number of hydrogen-bond acceptors (Lipinski definition) is 1. The second-order valence-corrected chi connectivity index (χ2v) is 3.07. The summed E-state index contributed by atoms with van der Waals surface area (Å²) >= 11 is 0. The molecule has 1 aromatic rings. The van der Waals surface area contributed by atoms with E-state index in [9.17, 15) is 18.0 Å². The first-order chi connectivity index (χ1) is 7.43. The molecule has 2 nitrogen and oxygen atoms in total. The van der Waals surface area contributed by atoms with Crippen LogP contribution in [0.2, 0.25) is 0 Å². The summed E-state index contributed by atoms with van der Waals surface area (Å²) in [6.45, 7) is 1.64. The SMILES string of the molecule is C/C=C/C(=O)Nc1cccc(C(F)(F)F)c1. The van der Waals surface area contributed by atoms with Gasteiger partial charge in [0.25, 0.3) is 0 Å². The Morgan fingerprint density at radius 1 is 1.38 bits per heavy atom. The van der Waals surface area contributed by atoms with Crippen molar-refractivity contribution < 1.29 is 18.0 Å². The van der Waals surface area contributed by atoms with Gasteiger partial charge in [-0.1, -0.05) is 12.1 Å². The minimum Gasteiger partial charge on any atom is -0.323 e. The Hall–Kier alpha value is -1.78. The third-order valence-corrected chi connectivity index (χ3v) is 1.78. The fraction of sp³-hybridized carbons (Fsp3) is 0.182. The van der Waals surface area contributed by atoms with Crippen LogP contribution < -0.4 is 5.32 Å². The summed E-state index contributed by atoms with van der Waals surface area (Å²) in [5, 5.41) is 2.33. The van der Waals surface area contributed by atoms with Gasteiger partial charge in [0.1, 0.15) is 0 Å². The van der Waals surface area contributed by atoms with Crippen LogP contribution in [0.15, 0.2) is 36.4 Å². The number of hydrogen-bond donors (Lipinski definition) is 1. The average Bonchev–Trinajstić information content (AvgIpc) is 2.17. The van der Waals surface area contributed by atoms with Gasteiger partial charge in [0.05, 0.1) is 5.56 Å². The molecule has 1 amide bonds. The molecule has 1 aromatic carbocycles. The molecule has 0 bridgehead atoms. The molecule has 0 spiro atoms. The molecule has 0 heterocycles. The number of nitrogens with one attached hydrogen (secondary N) is 1. The minimum absolute atomic E-state index is 0.123. The van der Waals surface area contributed by atoms with Gasteiger partial charge in [-0.3, -0.25) is 4.79 Å². The first-order valence-electron chi connectivity index (χ1n) is 4.54. The zero-order valence-electron chi connectivity index (χ0n) is 8.51. The quantitative estimate of drug-likeness (QED) is 0.775. The van der Waals surface area contributed by atoms with Crippen LogP contribution in [0.1, 0.15) is 12.5 Å². The van der Waals surface area contributed by atoms with E-state index in [4.69, 9.17) is 0 Å². The molecule has 0 aromatic heterocycles. The number of amides is 1. The van der Waals surface area contributed by atoms with Gasteiger partial charge in [-0.05, 0) is 31.2 Å². The molecular formula is C11H10F3NO. The zero-order chi connectivity index (χ0) is 12.2. The lowest BCUT2D eigenvalue weighted by Gasteiger charge is -2.08. The predicted octanol–water partition coefficient (Wildman–Crippen LogP) is 3.22. The van der Waals surface area contributed by atoms with Crippen molar-refractivity contribution in [2.24, 2.45) is 0 Å². The fourth-order valence-electron chi connectivity index (χ4n) is 1.11. The van der Waals surface area contributed by atoms with Gasteiger partial charge >= 0.3 is 6.18 Å². The summed E-state index contributed by atoms with van der Waals surface area (Å²) in [6.07, 6.45) is -1.66. The Kier molecular flexibility index (Phi) is 3.71. The van der Waals surface area contributed by atoms with Crippen LogP contribution in [0.3, 0.4) is 0 Å². The number of rotatable bonds is 2. The maximum Gasteiger partial charge on any atom is 0.416 e. The minimum atomic E-state index is -4.40. The molecule has 0 aliphatic heterocycles. The van der Waals surface area contributed by atoms with Crippen molar-refractivity contribution in [1.29, 1.82) is 0 Å². The molecule has 0 fully saturated rings. The predicted molar refractivity (Wildman–Crippen MR) is 54.9 cm³/mol. The largest absolute Gasteiger partial charge is 0.416 e. The molecule has 5 heteroatoms. The normalized spacial score (nSPS) is 11.8. The monoisotopic (exact) mass is 229 g/mol. The number of benzene rings is 1. The van der Waals surface area contributed by atoms with Crippen LogP contribution in [0.4, 0.5) is 18.9 Å². The second kappa shape index (κ2) is 4.83. The highest BCUT2D eigenvalue weighted by Gasteiger charge is 2.30. The molecule has 0 radical (unpaired) electrons. The summed E-state index contributed by atoms with van der Waals surface area (Å²) in [5.41, 5.74) is -0.663. The van der Waals surface area contributed by atoms with Crippen molar-refractivity contribution in [3.8, 4) is 0 Å². The fourth-order valence-corrected chi connectivity index (χ4v) is 1.11. The van der Waals surface area contributed by atoms with E-state index < -0.39 is 17.6 Å². The molecule has 1 N–H and O–H groups in total. The highest BCUT2D eigenvalue weighted by Crippen LogP contribution is 2.30. The zero-order valence-corrected chi connectivity index (χ0v) is 8.51. The summed E-state index contributed by atoms with van der Waals surface area (Å²) in [7, 11) is 0. The van der Waals surface area contributed by atoms with Crippen molar-refractivity contribution in [1.82, 2.24) is 0 Å². The smallest absolute Gasteiger partial charge is 0.323 e. The van der Waals surface area contributed by atoms with Gasteiger partial charge in [0, 0.05) is 5.69 Å². The van der Waals surface area contributed by atoms with Gasteiger partial charge in [-0.2, -0.15) is 13.2 Å².